The van der Waals surface area contributed by atoms with E-state index in [0.29, 0.717) is 5.96 Å². The smallest absolute Gasteiger partial charge is 0.193 e. The van der Waals surface area contributed by atoms with Gasteiger partial charge in [0.2, 0.25) is 0 Å². The Bertz CT molecular complexity index is 596. The number of likely N-dealkylation sites (N-methyl/N-ethyl adjacent to an activating group) is 1. The predicted octanol–water partition coefficient (Wildman–Crippen LogP) is 3.33. The fourth-order valence-corrected chi connectivity index (χ4v) is 4.05. The number of anilines is 1. The van der Waals surface area contributed by atoms with Crippen molar-refractivity contribution >= 4 is 35.6 Å². The second kappa shape index (κ2) is 11.9. The summed E-state index contributed by atoms with van der Waals surface area (Å²) in [4.78, 5) is 9.63. The Labute approximate surface area is 181 Å². The van der Waals surface area contributed by atoms with Gasteiger partial charge in [-0.2, -0.15) is 0 Å². The van der Waals surface area contributed by atoms with E-state index < -0.39 is 0 Å². The third-order valence-corrected chi connectivity index (χ3v) is 5.74. The monoisotopic (exact) mass is 485 g/mol. The lowest BCUT2D eigenvalue weighted by Crippen LogP contribution is -2.46. The normalized spacial score (nSPS) is 18.6. The fraction of sp³-hybridized carbons (Fsp3) is 0.667. The van der Waals surface area contributed by atoms with Gasteiger partial charge in [-0.1, -0.05) is 19.1 Å². The second-order valence-corrected chi connectivity index (χ2v) is 7.53. The van der Waals surface area contributed by atoms with E-state index in [-0.39, 0.29) is 24.0 Å². The highest BCUT2D eigenvalue weighted by atomic mass is 127. The first-order valence-corrected chi connectivity index (χ1v) is 10.4. The van der Waals surface area contributed by atoms with Gasteiger partial charge in [0.25, 0.3) is 0 Å². The summed E-state index contributed by atoms with van der Waals surface area (Å²) in [6.45, 7) is 10.3. The van der Waals surface area contributed by atoms with E-state index in [2.05, 4.69) is 45.2 Å². The van der Waals surface area contributed by atoms with E-state index in [9.17, 15) is 0 Å². The molecule has 0 radical (unpaired) electrons. The maximum absolute atomic E-state index is 6.12. The Morgan fingerprint density at radius 1 is 1.07 bits per heavy atom. The summed E-state index contributed by atoms with van der Waals surface area (Å²) in [5.41, 5.74) is 10.2. The van der Waals surface area contributed by atoms with Crippen LogP contribution in [0.5, 0.6) is 0 Å². The Hall–Kier alpha value is -0.860. The van der Waals surface area contributed by atoms with Crippen LogP contribution in [0.2, 0.25) is 0 Å². The Balaban J connectivity index is 0.00000261. The van der Waals surface area contributed by atoms with Gasteiger partial charge in [-0.3, -0.25) is 4.99 Å². The SMILES string of the molecule is CCN1CCN(CCCCN=C(N)Nc2cccc3c2CCCC3)CC1.I. The summed E-state index contributed by atoms with van der Waals surface area (Å²) in [5, 5.41) is 3.33. The zero-order chi connectivity index (χ0) is 18.2. The number of benzene rings is 1. The van der Waals surface area contributed by atoms with Crippen molar-refractivity contribution in [1.29, 1.82) is 0 Å². The number of piperazine rings is 1. The van der Waals surface area contributed by atoms with Crippen LogP contribution in [-0.4, -0.2) is 61.6 Å². The van der Waals surface area contributed by atoms with Crippen LogP contribution in [0.1, 0.15) is 43.7 Å². The molecule has 1 heterocycles. The summed E-state index contributed by atoms with van der Waals surface area (Å²) in [5.74, 6) is 0.556. The first-order chi connectivity index (χ1) is 12.8. The molecular weight excluding hydrogens is 449 g/mol. The van der Waals surface area contributed by atoms with Crippen LogP contribution in [-0.2, 0) is 12.8 Å². The molecule has 152 valence electrons. The number of halogens is 1. The maximum Gasteiger partial charge on any atom is 0.193 e. The van der Waals surface area contributed by atoms with Crippen molar-refractivity contribution in [2.45, 2.75) is 45.4 Å². The van der Waals surface area contributed by atoms with Crippen LogP contribution in [0.4, 0.5) is 5.69 Å². The molecule has 0 saturated carbocycles. The molecule has 0 bridgehead atoms. The molecule has 1 aliphatic carbocycles. The van der Waals surface area contributed by atoms with E-state index in [1.165, 1.54) is 76.1 Å². The zero-order valence-electron chi connectivity index (χ0n) is 16.8. The molecule has 1 aromatic rings. The first kappa shape index (κ1) is 22.4. The van der Waals surface area contributed by atoms with Crippen LogP contribution in [0, 0.1) is 0 Å². The van der Waals surface area contributed by atoms with Crippen LogP contribution in [0.15, 0.2) is 23.2 Å². The average molecular weight is 485 g/mol. The number of hydrogen-bond donors (Lipinski definition) is 2. The van der Waals surface area contributed by atoms with Gasteiger partial charge in [0, 0.05) is 38.4 Å². The number of rotatable bonds is 7. The molecule has 0 aromatic heterocycles. The van der Waals surface area contributed by atoms with Crippen molar-refractivity contribution in [3.05, 3.63) is 29.3 Å². The maximum atomic E-state index is 6.12. The van der Waals surface area contributed by atoms with Gasteiger partial charge in [0.05, 0.1) is 0 Å². The van der Waals surface area contributed by atoms with Gasteiger partial charge in [0.1, 0.15) is 0 Å². The molecule has 1 aliphatic heterocycles. The molecule has 1 aromatic carbocycles. The molecule has 1 saturated heterocycles. The average Bonchev–Trinajstić information content (AvgIpc) is 2.68. The quantitative estimate of drug-likeness (QED) is 0.269. The van der Waals surface area contributed by atoms with Crippen molar-refractivity contribution in [2.24, 2.45) is 10.7 Å². The van der Waals surface area contributed by atoms with Crippen LogP contribution >= 0.6 is 24.0 Å². The number of unbranched alkanes of at least 4 members (excludes halogenated alkanes) is 1. The molecule has 0 atom stereocenters. The van der Waals surface area contributed by atoms with E-state index in [0.717, 1.165) is 25.1 Å². The molecule has 0 unspecified atom stereocenters. The van der Waals surface area contributed by atoms with Gasteiger partial charge in [-0.15, -0.1) is 24.0 Å². The summed E-state index contributed by atoms with van der Waals surface area (Å²) < 4.78 is 0. The zero-order valence-corrected chi connectivity index (χ0v) is 19.1. The van der Waals surface area contributed by atoms with E-state index in [1.807, 2.05) is 0 Å². The number of hydrogen-bond acceptors (Lipinski definition) is 3. The van der Waals surface area contributed by atoms with Crippen molar-refractivity contribution in [3.63, 3.8) is 0 Å². The number of nitrogens with zero attached hydrogens (tertiary/aromatic N) is 3. The van der Waals surface area contributed by atoms with E-state index in [1.54, 1.807) is 0 Å². The summed E-state index contributed by atoms with van der Waals surface area (Å²) >= 11 is 0. The Kier molecular flexibility index (Phi) is 9.86. The molecule has 27 heavy (non-hydrogen) atoms. The van der Waals surface area contributed by atoms with Crippen molar-refractivity contribution in [2.75, 3.05) is 51.1 Å². The number of fused-ring (bicyclic) bond motifs is 1. The first-order valence-electron chi connectivity index (χ1n) is 10.4. The molecule has 0 spiro atoms. The third kappa shape index (κ3) is 6.91. The van der Waals surface area contributed by atoms with Gasteiger partial charge in [-0.05, 0) is 68.8 Å². The van der Waals surface area contributed by atoms with Gasteiger partial charge in [-0.25, -0.2) is 0 Å². The number of nitrogens with two attached hydrogens (primary N) is 1. The standard InChI is InChI=1S/C21H35N5.HI/c1-2-25-14-16-26(17-15-25)13-6-5-12-23-21(22)24-20-11-7-9-18-8-3-4-10-19(18)20;/h7,9,11H,2-6,8,10,12-17H2,1H3,(H3,22,23,24);1H. The molecule has 0 amide bonds. The molecular formula is C21H36IN5. The minimum Gasteiger partial charge on any atom is -0.370 e. The second-order valence-electron chi connectivity index (χ2n) is 7.53. The molecule has 3 N–H and O–H groups in total. The largest absolute Gasteiger partial charge is 0.370 e. The number of nitrogens with one attached hydrogen (secondary N) is 1. The summed E-state index contributed by atoms with van der Waals surface area (Å²) in [7, 11) is 0. The topological polar surface area (TPSA) is 56.9 Å². The molecule has 2 aliphatic rings. The number of guanidine groups is 1. The minimum absolute atomic E-state index is 0. The van der Waals surface area contributed by atoms with Gasteiger partial charge >= 0.3 is 0 Å². The van der Waals surface area contributed by atoms with Gasteiger partial charge in [0.15, 0.2) is 5.96 Å². The van der Waals surface area contributed by atoms with Crippen molar-refractivity contribution in [3.8, 4) is 0 Å². The minimum atomic E-state index is 0. The van der Waals surface area contributed by atoms with Crippen molar-refractivity contribution < 1.29 is 0 Å². The summed E-state index contributed by atoms with van der Waals surface area (Å²) in [6.07, 6.45) is 7.21. The lowest BCUT2D eigenvalue weighted by Gasteiger charge is -2.33. The lowest BCUT2D eigenvalue weighted by molar-refractivity contribution is 0.136. The molecule has 5 nitrogen and oxygen atoms in total. The molecule has 6 heteroatoms. The van der Waals surface area contributed by atoms with Gasteiger partial charge < -0.3 is 20.9 Å². The predicted molar refractivity (Wildman–Crippen MR) is 126 cm³/mol. The van der Waals surface area contributed by atoms with Crippen LogP contribution in [0.3, 0.4) is 0 Å². The lowest BCUT2D eigenvalue weighted by atomic mass is 9.90. The van der Waals surface area contributed by atoms with E-state index in [4.69, 9.17) is 5.73 Å². The van der Waals surface area contributed by atoms with Crippen molar-refractivity contribution in [1.82, 2.24) is 9.80 Å². The Morgan fingerprint density at radius 2 is 1.81 bits per heavy atom. The highest BCUT2D eigenvalue weighted by Crippen LogP contribution is 2.27. The highest BCUT2D eigenvalue weighted by molar-refractivity contribution is 14.0. The van der Waals surface area contributed by atoms with Crippen LogP contribution < -0.4 is 11.1 Å². The summed E-state index contributed by atoms with van der Waals surface area (Å²) in [6, 6.07) is 6.49. The Morgan fingerprint density at radius 3 is 2.59 bits per heavy atom. The third-order valence-electron chi connectivity index (χ3n) is 5.74. The fourth-order valence-electron chi connectivity index (χ4n) is 4.05. The molecule has 1 fully saturated rings. The number of aliphatic imine (C=N–C) groups is 1. The van der Waals surface area contributed by atoms with E-state index >= 15 is 0 Å². The highest BCUT2D eigenvalue weighted by Gasteiger charge is 2.15. The molecule has 3 rings (SSSR count). The number of aryl methyl sites for hydroxylation is 1. The van der Waals surface area contributed by atoms with Crippen LogP contribution in [0.25, 0.3) is 0 Å².